The molecule has 0 aliphatic carbocycles. The number of nitrogens with one attached hydrogen (secondary N) is 1. The van der Waals surface area contributed by atoms with Crippen molar-refractivity contribution in [1.29, 1.82) is 0 Å². The highest BCUT2D eigenvalue weighted by molar-refractivity contribution is 7.92. The smallest absolute Gasteiger partial charge is 0.282 e. The summed E-state index contributed by atoms with van der Waals surface area (Å²) in [6.45, 7) is 4.00. The number of anilines is 1. The van der Waals surface area contributed by atoms with E-state index >= 15 is 0 Å². The number of imidazole rings is 1. The third-order valence-electron chi connectivity index (χ3n) is 3.82. The molecule has 0 saturated carbocycles. The molecule has 10 nitrogen and oxygen atoms in total. The average molecular weight is 389 g/mol. The molecule has 0 atom stereocenters. The van der Waals surface area contributed by atoms with Crippen molar-refractivity contribution in [2.45, 2.75) is 31.5 Å². The highest BCUT2D eigenvalue weighted by Gasteiger charge is 2.25. The molecule has 0 radical (unpaired) electrons. The summed E-state index contributed by atoms with van der Waals surface area (Å²) >= 11 is 0. The lowest BCUT2D eigenvalue weighted by molar-refractivity contribution is 0.0996. The molecule has 1 aromatic carbocycles. The second-order valence-electron chi connectivity index (χ2n) is 6.15. The van der Waals surface area contributed by atoms with Crippen LogP contribution in [0.3, 0.4) is 0 Å². The molecule has 142 valence electrons. The zero-order valence-corrected chi connectivity index (χ0v) is 15.6. The Kier molecular flexibility index (Phi) is 4.95. The van der Waals surface area contributed by atoms with Crippen LogP contribution in [-0.4, -0.2) is 38.9 Å². The van der Waals surface area contributed by atoms with Gasteiger partial charge in [0.15, 0.2) is 16.5 Å². The number of sulfonamides is 1. The Labute approximate surface area is 156 Å². The van der Waals surface area contributed by atoms with Crippen LogP contribution < -0.4 is 10.5 Å². The molecule has 0 aliphatic rings. The van der Waals surface area contributed by atoms with Gasteiger partial charge in [-0.2, -0.15) is 8.42 Å². The number of aromatic nitrogens is 5. The number of hydrogen-bond acceptors (Lipinski definition) is 6. The van der Waals surface area contributed by atoms with E-state index in [0.717, 1.165) is 5.56 Å². The fourth-order valence-electron chi connectivity index (χ4n) is 2.37. The van der Waals surface area contributed by atoms with E-state index in [0.29, 0.717) is 0 Å². The number of carbonyl (C=O) groups excluding carboxylic acids is 1. The fourth-order valence-corrected chi connectivity index (χ4v) is 3.37. The lowest BCUT2D eigenvalue weighted by atomic mass is 10.2. The van der Waals surface area contributed by atoms with E-state index in [1.807, 2.05) is 44.2 Å². The predicted octanol–water partition coefficient (Wildman–Crippen LogP) is 1.00. The summed E-state index contributed by atoms with van der Waals surface area (Å²) in [5.41, 5.74) is 5.90. The fraction of sp³-hybridized carbons (Fsp3) is 0.250. The molecular weight excluding hydrogens is 370 g/mol. The Bertz CT molecular complexity index is 1050. The van der Waals surface area contributed by atoms with Gasteiger partial charge in [0.25, 0.3) is 15.9 Å². The number of primary amides is 1. The Morgan fingerprint density at radius 2 is 1.96 bits per heavy atom. The Morgan fingerprint density at radius 1 is 1.26 bits per heavy atom. The van der Waals surface area contributed by atoms with Crippen molar-refractivity contribution in [1.82, 2.24) is 24.5 Å². The zero-order valence-electron chi connectivity index (χ0n) is 14.8. The summed E-state index contributed by atoms with van der Waals surface area (Å²) in [5.74, 6) is -0.995. The van der Waals surface area contributed by atoms with Crippen LogP contribution in [0.15, 0.2) is 47.9 Å². The predicted molar refractivity (Wildman–Crippen MR) is 97.5 cm³/mol. The number of rotatable bonds is 7. The van der Waals surface area contributed by atoms with Gasteiger partial charge in [-0.15, -0.1) is 5.10 Å². The van der Waals surface area contributed by atoms with Crippen molar-refractivity contribution < 1.29 is 13.2 Å². The van der Waals surface area contributed by atoms with Crippen LogP contribution in [0, 0.1) is 0 Å². The number of carbonyl (C=O) groups is 1. The van der Waals surface area contributed by atoms with Crippen molar-refractivity contribution in [3.8, 4) is 0 Å². The van der Waals surface area contributed by atoms with Gasteiger partial charge < -0.3 is 10.3 Å². The van der Waals surface area contributed by atoms with Gasteiger partial charge in [-0.3, -0.25) is 9.52 Å². The highest BCUT2D eigenvalue weighted by Crippen LogP contribution is 2.19. The van der Waals surface area contributed by atoms with Crippen LogP contribution in [0.5, 0.6) is 0 Å². The summed E-state index contributed by atoms with van der Waals surface area (Å²) < 4.78 is 30.7. The molecule has 0 bridgehead atoms. The zero-order chi connectivity index (χ0) is 19.6. The number of amides is 1. The van der Waals surface area contributed by atoms with Gasteiger partial charge in [0.1, 0.15) is 0 Å². The van der Waals surface area contributed by atoms with Crippen molar-refractivity contribution in [3.63, 3.8) is 0 Å². The van der Waals surface area contributed by atoms with Crippen LogP contribution in [0.2, 0.25) is 0 Å². The summed E-state index contributed by atoms with van der Waals surface area (Å²) in [6.07, 6.45) is 2.83. The quantitative estimate of drug-likeness (QED) is 0.618. The molecule has 11 heteroatoms. The topological polar surface area (TPSA) is 138 Å². The first kappa shape index (κ1) is 18.6. The average Bonchev–Trinajstić information content (AvgIpc) is 3.24. The first-order valence-electron chi connectivity index (χ1n) is 8.11. The standard InChI is InChI=1S/C16H19N7O3S/c1-11(2)22-9-13(18-10-22)27(25,26)20-16-14(15(17)24)19-21-23(16)8-12-6-4-3-5-7-12/h3-7,9-11,20H,8H2,1-2H3,(H2,17,24). The van der Waals surface area contributed by atoms with Crippen LogP contribution in [0.4, 0.5) is 5.82 Å². The van der Waals surface area contributed by atoms with Crippen molar-refractivity contribution in [3.05, 3.63) is 54.1 Å². The SMILES string of the molecule is CC(C)n1cnc(S(=O)(=O)Nc2c(C(N)=O)nnn2Cc2ccccc2)c1. The maximum Gasteiger partial charge on any atom is 0.282 e. The first-order valence-corrected chi connectivity index (χ1v) is 9.60. The normalized spacial score (nSPS) is 11.7. The molecule has 0 spiro atoms. The molecule has 0 saturated heterocycles. The highest BCUT2D eigenvalue weighted by atomic mass is 32.2. The van der Waals surface area contributed by atoms with Gasteiger partial charge in [-0.1, -0.05) is 35.5 Å². The van der Waals surface area contributed by atoms with Gasteiger partial charge in [0.2, 0.25) is 0 Å². The number of benzene rings is 1. The van der Waals surface area contributed by atoms with Gasteiger partial charge in [0, 0.05) is 12.2 Å². The molecule has 3 aromatic rings. The molecule has 0 unspecified atom stereocenters. The van der Waals surface area contributed by atoms with E-state index in [9.17, 15) is 13.2 Å². The minimum atomic E-state index is -4.06. The molecule has 1 amide bonds. The van der Waals surface area contributed by atoms with E-state index in [4.69, 9.17) is 5.73 Å². The number of hydrogen-bond donors (Lipinski definition) is 2. The summed E-state index contributed by atoms with van der Waals surface area (Å²) in [6, 6.07) is 9.26. The summed E-state index contributed by atoms with van der Waals surface area (Å²) in [5, 5.41) is 7.38. The maximum atomic E-state index is 12.7. The monoisotopic (exact) mass is 389 g/mol. The molecule has 0 fully saturated rings. The van der Waals surface area contributed by atoms with Crippen LogP contribution >= 0.6 is 0 Å². The summed E-state index contributed by atoms with van der Waals surface area (Å²) in [7, 11) is -4.06. The van der Waals surface area contributed by atoms with Crippen molar-refractivity contribution in [2.75, 3.05) is 4.72 Å². The number of nitrogens with two attached hydrogens (primary N) is 1. The van der Waals surface area contributed by atoms with Gasteiger partial charge in [-0.05, 0) is 19.4 Å². The lowest BCUT2D eigenvalue weighted by Gasteiger charge is -2.10. The van der Waals surface area contributed by atoms with Gasteiger partial charge in [-0.25, -0.2) is 9.67 Å². The number of nitrogens with zero attached hydrogens (tertiary/aromatic N) is 5. The van der Waals surface area contributed by atoms with Crippen molar-refractivity contribution in [2.24, 2.45) is 5.73 Å². The second-order valence-corrected chi connectivity index (χ2v) is 7.78. The van der Waals surface area contributed by atoms with E-state index < -0.39 is 15.9 Å². The molecule has 0 aliphatic heterocycles. The summed E-state index contributed by atoms with van der Waals surface area (Å²) in [4.78, 5) is 15.6. The van der Waals surface area contributed by atoms with Crippen LogP contribution in [0.1, 0.15) is 35.9 Å². The van der Waals surface area contributed by atoms with Crippen LogP contribution in [-0.2, 0) is 16.6 Å². The Balaban J connectivity index is 1.96. The third-order valence-corrected chi connectivity index (χ3v) is 5.05. The first-order chi connectivity index (χ1) is 12.8. The molecule has 3 N–H and O–H groups in total. The maximum absolute atomic E-state index is 12.7. The van der Waals surface area contributed by atoms with Gasteiger partial charge >= 0.3 is 0 Å². The van der Waals surface area contributed by atoms with E-state index in [1.54, 1.807) is 4.57 Å². The molecule has 2 aromatic heterocycles. The minimum Gasteiger partial charge on any atom is -0.364 e. The van der Waals surface area contributed by atoms with Crippen LogP contribution in [0.25, 0.3) is 0 Å². The van der Waals surface area contributed by atoms with Gasteiger partial charge in [0.05, 0.1) is 12.9 Å². The molecule has 3 rings (SSSR count). The molecular formula is C16H19N7O3S. The van der Waals surface area contributed by atoms with E-state index in [1.165, 1.54) is 17.2 Å². The molecule has 27 heavy (non-hydrogen) atoms. The third kappa shape index (κ3) is 3.97. The second kappa shape index (κ2) is 7.19. The minimum absolute atomic E-state index is 0.0490. The largest absolute Gasteiger partial charge is 0.364 e. The Morgan fingerprint density at radius 3 is 2.56 bits per heavy atom. The van der Waals surface area contributed by atoms with Crippen molar-refractivity contribution >= 4 is 21.7 Å². The Hall–Kier alpha value is -3.21. The van der Waals surface area contributed by atoms with E-state index in [2.05, 4.69) is 20.0 Å². The lowest BCUT2D eigenvalue weighted by Crippen LogP contribution is -2.21. The molecule has 2 heterocycles. The van der Waals surface area contributed by atoms with E-state index in [-0.39, 0.29) is 29.1 Å².